The third-order valence-corrected chi connectivity index (χ3v) is 8.34. The lowest BCUT2D eigenvalue weighted by Gasteiger charge is -2.22. The SMILES string of the molecule is O=C(O)Cn1c(SCCCN(Cc2ccccc2)S(=O)(=O)Cc2ccccc2)nc2ccccc21. The van der Waals surface area contributed by atoms with Crippen LogP contribution in [0.15, 0.2) is 90.1 Å². The number of hydrogen-bond acceptors (Lipinski definition) is 5. The average Bonchev–Trinajstić information content (AvgIpc) is 3.18. The summed E-state index contributed by atoms with van der Waals surface area (Å²) >= 11 is 1.44. The summed E-state index contributed by atoms with van der Waals surface area (Å²) < 4.78 is 29.8. The predicted octanol–water partition coefficient (Wildman–Crippen LogP) is 4.64. The number of aromatic nitrogens is 2. The minimum absolute atomic E-state index is 0.0533. The van der Waals surface area contributed by atoms with E-state index in [-0.39, 0.29) is 12.3 Å². The number of thioether (sulfide) groups is 1. The molecular weight excluding hydrogens is 482 g/mol. The molecule has 0 saturated heterocycles. The Morgan fingerprint density at radius 2 is 1.54 bits per heavy atom. The summed E-state index contributed by atoms with van der Waals surface area (Å²) in [5.41, 5.74) is 3.20. The molecule has 4 aromatic rings. The number of carboxylic acids is 1. The van der Waals surface area contributed by atoms with Crippen LogP contribution in [0.1, 0.15) is 17.5 Å². The van der Waals surface area contributed by atoms with Gasteiger partial charge >= 0.3 is 5.97 Å². The number of nitrogens with zero attached hydrogens (tertiary/aromatic N) is 3. The summed E-state index contributed by atoms with van der Waals surface area (Å²) in [5, 5.41) is 9.95. The Bertz CT molecular complexity index is 1370. The molecule has 0 atom stereocenters. The van der Waals surface area contributed by atoms with Crippen molar-refractivity contribution in [1.82, 2.24) is 13.9 Å². The minimum atomic E-state index is -3.54. The van der Waals surface area contributed by atoms with Crippen LogP contribution < -0.4 is 0 Å². The van der Waals surface area contributed by atoms with Gasteiger partial charge < -0.3 is 9.67 Å². The first-order valence-corrected chi connectivity index (χ1v) is 13.9. The third-order valence-electron chi connectivity index (χ3n) is 5.48. The monoisotopic (exact) mass is 509 g/mol. The van der Waals surface area contributed by atoms with Gasteiger partial charge in [0.1, 0.15) is 6.54 Å². The number of para-hydroxylation sites is 2. The van der Waals surface area contributed by atoms with E-state index in [1.165, 1.54) is 16.1 Å². The fourth-order valence-corrected chi connectivity index (χ4v) is 6.32. The van der Waals surface area contributed by atoms with Gasteiger partial charge in [-0.2, -0.15) is 4.31 Å². The zero-order chi connectivity index (χ0) is 24.7. The van der Waals surface area contributed by atoms with Crippen LogP contribution in [0, 0.1) is 0 Å². The second-order valence-corrected chi connectivity index (χ2v) is 11.2. The maximum atomic E-state index is 13.3. The molecular formula is C26H27N3O4S2. The minimum Gasteiger partial charge on any atom is -0.480 e. The number of imidazole rings is 1. The van der Waals surface area contributed by atoms with Crippen molar-refractivity contribution in [2.24, 2.45) is 0 Å². The summed E-state index contributed by atoms with van der Waals surface area (Å²) in [4.78, 5) is 16.0. The lowest BCUT2D eigenvalue weighted by Crippen LogP contribution is -2.33. The van der Waals surface area contributed by atoms with Crippen LogP contribution in [0.4, 0.5) is 0 Å². The van der Waals surface area contributed by atoms with Crippen LogP contribution in [-0.4, -0.2) is 45.6 Å². The summed E-state index contributed by atoms with van der Waals surface area (Å²) in [6.45, 7) is 0.489. The maximum Gasteiger partial charge on any atom is 0.323 e. The first-order valence-electron chi connectivity index (χ1n) is 11.3. The number of rotatable bonds is 12. The van der Waals surface area contributed by atoms with Crippen LogP contribution in [0.5, 0.6) is 0 Å². The molecule has 3 aromatic carbocycles. The third kappa shape index (κ3) is 6.72. The highest BCUT2D eigenvalue weighted by Crippen LogP contribution is 2.25. The molecule has 1 aromatic heterocycles. The van der Waals surface area contributed by atoms with Crippen molar-refractivity contribution < 1.29 is 18.3 Å². The van der Waals surface area contributed by atoms with Crippen LogP contribution in [0.3, 0.4) is 0 Å². The number of fused-ring (bicyclic) bond motifs is 1. The zero-order valence-electron chi connectivity index (χ0n) is 19.2. The molecule has 0 bridgehead atoms. The van der Waals surface area contributed by atoms with Crippen molar-refractivity contribution in [3.63, 3.8) is 0 Å². The van der Waals surface area contributed by atoms with Gasteiger partial charge in [0.15, 0.2) is 5.16 Å². The standard InChI is InChI=1S/C26H27N3O4S2/c30-25(31)19-29-24-15-8-7-14-23(24)27-26(29)34-17-9-16-28(18-21-10-3-1-4-11-21)35(32,33)20-22-12-5-2-6-13-22/h1-8,10-15H,9,16-20H2,(H,30,31). The van der Waals surface area contributed by atoms with Gasteiger partial charge in [0.25, 0.3) is 0 Å². The molecule has 0 amide bonds. The summed E-state index contributed by atoms with van der Waals surface area (Å²) in [6.07, 6.45) is 0.599. The topological polar surface area (TPSA) is 92.5 Å². The molecule has 35 heavy (non-hydrogen) atoms. The van der Waals surface area contributed by atoms with Crippen molar-refractivity contribution >= 4 is 38.8 Å². The molecule has 182 valence electrons. The molecule has 0 aliphatic rings. The molecule has 1 N–H and O–H groups in total. The van der Waals surface area contributed by atoms with E-state index >= 15 is 0 Å². The van der Waals surface area contributed by atoms with E-state index < -0.39 is 16.0 Å². The predicted molar refractivity (Wildman–Crippen MR) is 139 cm³/mol. The number of carboxylic acid groups (broad SMARTS) is 1. The van der Waals surface area contributed by atoms with E-state index in [2.05, 4.69) is 4.98 Å². The van der Waals surface area contributed by atoms with Crippen molar-refractivity contribution in [2.75, 3.05) is 12.3 Å². The van der Waals surface area contributed by atoms with Crippen molar-refractivity contribution in [3.8, 4) is 0 Å². The largest absolute Gasteiger partial charge is 0.480 e. The Balaban J connectivity index is 1.46. The maximum absolute atomic E-state index is 13.3. The second-order valence-electron chi connectivity index (χ2n) is 8.13. The molecule has 4 rings (SSSR count). The molecule has 0 aliphatic heterocycles. The zero-order valence-corrected chi connectivity index (χ0v) is 20.8. The van der Waals surface area contributed by atoms with Gasteiger partial charge in [-0.25, -0.2) is 13.4 Å². The van der Waals surface area contributed by atoms with Gasteiger partial charge in [-0.3, -0.25) is 4.79 Å². The summed E-state index contributed by atoms with van der Waals surface area (Å²) in [7, 11) is -3.54. The average molecular weight is 510 g/mol. The summed E-state index contributed by atoms with van der Waals surface area (Å²) in [6, 6.07) is 26.2. The van der Waals surface area contributed by atoms with E-state index in [4.69, 9.17) is 0 Å². The van der Waals surface area contributed by atoms with Crippen LogP contribution in [-0.2, 0) is 33.7 Å². The first-order chi connectivity index (χ1) is 16.9. The summed E-state index contributed by atoms with van der Waals surface area (Å²) in [5.74, 6) is -0.381. The lowest BCUT2D eigenvalue weighted by molar-refractivity contribution is -0.137. The van der Waals surface area contributed by atoms with E-state index in [1.807, 2.05) is 84.9 Å². The Kier molecular flexibility index (Phi) is 8.22. The van der Waals surface area contributed by atoms with Crippen molar-refractivity contribution in [1.29, 1.82) is 0 Å². The number of sulfonamides is 1. The quantitative estimate of drug-likeness (QED) is 0.221. The second kappa shape index (κ2) is 11.5. The molecule has 0 radical (unpaired) electrons. The Morgan fingerprint density at radius 3 is 2.23 bits per heavy atom. The lowest BCUT2D eigenvalue weighted by atomic mass is 10.2. The fourth-order valence-electron chi connectivity index (χ4n) is 3.84. The smallest absolute Gasteiger partial charge is 0.323 e. The molecule has 1 heterocycles. The Morgan fingerprint density at radius 1 is 0.914 bits per heavy atom. The number of hydrogen-bond donors (Lipinski definition) is 1. The van der Waals surface area contributed by atoms with Crippen LogP contribution in [0.2, 0.25) is 0 Å². The van der Waals surface area contributed by atoms with Crippen molar-refractivity contribution in [2.45, 2.75) is 30.4 Å². The molecule has 0 spiro atoms. The van der Waals surface area contributed by atoms with Gasteiger partial charge in [-0.05, 0) is 29.7 Å². The van der Waals surface area contributed by atoms with Gasteiger partial charge in [0.2, 0.25) is 10.0 Å². The molecule has 9 heteroatoms. The Hall–Kier alpha value is -3.14. The molecule has 0 fully saturated rings. The molecule has 7 nitrogen and oxygen atoms in total. The normalized spacial score (nSPS) is 11.8. The number of benzene rings is 3. The van der Waals surface area contributed by atoms with Gasteiger partial charge in [-0.15, -0.1) is 0 Å². The fraction of sp³-hybridized carbons (Fsp3) is 0.231. The number of carbonyl (C=O) groups is 1. The van der Waals surface area contributed by atoms with E-state index in [1.54, 1.807) is 4.57 Å². The van der Waals surface area contributed by atoms with E-state index in [0.29, 0.717) is 30.4 Å². The van der Waals surface area contributed by atoms with E-state index in [0.717, 1.165) is 22.2 Å². The molecule has 0 unspecified atom stereocenters. The molecule has 0 saturated carbocycles. The van der Waals surface area contributed by atoms with Gasteiger partial charge in [0, 0.05) is 18.8 Å². The molecule has 0 aliphatic carbocycles. The first kappa shape index (κ1) is 25.0. The van der Waals surface area contributed by atoms with Crippen molar-refractivity contribution in [3.05, 3.63) is 96.1 Å². The van der Waals surface area contributed by atoms with E-state index in [9.17, 15) is 18.3 Å². The van der Waals surface area contributed by atoms with Gasteiger partial charge in [-0.1, -0.05) is 84.6 Å². The van der Waals surface area contributed by atoms with Gasteiger partial charge in [0.05, 0.1) is 16.8 Å². The van der Waals surface area contributed by atoms with Crippen LogP contribution in [0.25, 0.3) is 11.0 Å². The van der Waals surface area contributed by atoms with Crippen LogP contribution >= 0.6 is 11.8 Å². The highest BCUT2D eigenvalue weighted by molar-refractivity contribution is 7.99. The Labute approximate surface area is 209 Å². The number of aliphatic carboxylic acids is 1. The highest BCUT2D eigenvalue weighted by Gasteiger charge is 2.23. The highest BCUT2D eigenvalue weighted by atomic mass is 32.2.